The summed E-state index contributed by atoms with van der Waals surface area (Å²) in [6.45, 7) is 0. The van der Waals surface area contributed by atoms with Crippen LogP contribution in [0.3, 0.4) is 0 Å². The maximum atomic E-state index is 13.3. The van der Waals surface area contributed by atoms with Crippen LogP contribution in [0.1, 0.15) is 5.69 Å². The summed E-state index contributed by atoms with van der Waals surface area (Å²) >= 11 is 18.3. The van der Waals surface area contributed by atoms with Crippen LogP contribution >= 0.6 is 34.8 Å². The van der Waals surface area contributed by atoms with Crippen LogP contribution in [0.5, 0.6) is 0 Å². The second kappa shape index (κ2) is 8.11. The lowest BCUT2D eigenvalue weighted by molar-refractivity contribution is -0.141. The molecule has 158 valence electrons. The smallest absolute Gasteiger partial charge is 0.399 e. The maximum absolute atomic E-state index is 13.3. The third-order valence-electron chi connectivity index (χ3n) is 4.64. The number of hydrogen-bond acceptors (Lipinski definition) is 2. The first-order valence-corrected chi connectivity index (χ1v) is 10.1. The van der Waals surface area contributed by atoms with Crippen molar-refractivity contribution in [3.8, 4) is 28.1 Å². The largest absolute Gasteiger partial charge is 0.435 e. The van der Waals surface area contributed by atoms with E-state index in [9.17, 15) is 13.2 Å². The van der Waals surface area contributed by atoms with E-state index >= 15 is 0 Å². The third-order valence-corrected chi connectivity index (χ3v) is 5.67. The summed E-state index contributed by atoms with van der Waals surface area (Å²) in [5.74, 6) is 0. The van der Waals surface area contributed by atoms with E-state index < -0.39 is 11.9 Å². The fourth-order valence-electron chi connectivity index (χ4n) is 3.10. The van der Waals surface area contributed by atoms with Gasteiger partial charge < -0.3 is 5.73 Å². The van der Waals surface area contributed by atoms with Gasteiger partial charge >= 0.3 is 6.18 Å². The number of anilines is 1. The molecule has 0 radical (unpaired) electrons. The molecule has 4 aromatic rings. The molecule has 0 unspecified atom stereocenters. The monoisotopic (exact) mass is 481 g/mol. The number of alkyl halides is 3. The third kappa shape index (κ3) is 4.37. The highest BCUT2D eigenvalue weighted by molar-refractivity contribution is 6.44. The molecule has 2 N–H and O–H groups in total. The van der Waals surface area contributed by atoms with E-state index in [2.05, 4.69) is 5.10 Å². The molecule has 3 nitrogen and oxygen atoms in total. The standard InChI is InChI=1S/C22H13Cl3F3N3/c23-17-10-19(25)18(24)9-16(17)12-1-3-13(4-2-12)20-11-21(22(26,27)28)30-31(20)15-7-5-14(29)6-8-15/h1-11H,29H2. The molecule has 31 heavy (non-hydrogen) atoms. The van der Waals surface area contributed by atoms with Gasteiger partial charge in [0.1, 0.15) is 0 Å². The Morgan fingerprint density at radius 2 is 1.32 bits per heavy atom. The first-order chi connectivity index (χ1) is 14.6. The summed E-state index contributed by atoms with van der Waals surface area (Å²) < 4.78 is 41.3. The zero-order valence-corrected chi connectivity index (χ0v) is 17.9. The molecule has 1 aromatic heterocycles. The van der Waals surface area contributed by atoms with Crippen molar-refractivity contribution in [2.45, 2.75) is 6.18 Å². The van der Waals surface area contributed by atoms with Gasteiger partial charge in [-0.3, -0.25) is 0 Å². The molecule has 0 bridgehead atoms. The molecule has 1 heterocycles. The summed E-state index contributed by atoms with van der Waals surface area (Å²) in [5.41, 5.74) is 7.87. The fraction of sp³-hybridized carbons (Fsp3) is 0.0455. The van der Waals surface area contributed by atoms with Crippen molar-refractivity contribution in [3.63, 3.8) is 0 Å². The Kier molecular flexibility index (Phi) is 5.64. The molecule has 0 fully saturated rings. The van der Waals surface area contributed by atoms with Crippen LogP contribution in [-0.2, 0) is 6.18 Å². The summed E-state index contributed by atoms with van der Waals surface area (Å²) in [6, 6.07) is 17.5. The van der Waals surface area contributed by atoms with Gasteiger partial charge in [-0.05, 0) is 48.0 Å². The van der Waals surface area contributed by atoms with Crippen molar-refractivity contribution in [2.24, 2.45) is 0 Å². The highest BCUT2D eigenvalue weighted by atomic mass is 35.5. The van der Waals surface area contributed by atoms with Crippen LogP contribution < -0.4 is 5.73 Å². The minimum Gasteiger partial charge on any atom is -0.399 e. The van der Waals surface area contributed by atoms with Crippen molar-refractivity contribution in [2.75, 3.05) is 5.73 Å². The molecule has 0 aliphatic carbocycles. The molecule has 0 saturated carbocycles. The lowest BCUT2D eigenvalue weighted by Gasteiger charge is -2.10. The van der Waals surface area contributed by atoms with Gasteiger partial charge in [0.05, 0.1) is 21.4 Å². The number of aromatic nitrogens is 2. The lowest BCUT2D eigenvalue weighted by atomic mass is 10.0. The fourth-order valence-corrected chi connectivity index (χ4v) is 3.76. The first-order valence-electron chi connectivity index (χ1n) is 8.92. The quantitative estimate of drug-likeness (QED) is 0.239. The van der Waals surface area contributed by atoms with Crippen molar-refractivity contribution in [3.05, 3.63) is 87.5 Å². The average Bonchev–Trinajstić information content (AvgIpc) is 3.17. The van der Waals surface area contributed by atoms with E-state index in [-0.39, 0.29) is 5.69 Å². The Balaban J connectivity index is 1.80. The van der Waals surface area contributed by atoms with Crippen LogP contribution in [0.4, 0.5) is 18.9 Å². The molecule has 0 amide bonds. The Bertz CT molecular complexity index is 1250. The van der Waals surface area contributed by atoms with Crippen LogP contribution in [-0.4, -0.2) is 9.78 Å². The van der Waals surface area contributed by atoms with E-state index in [1.807, 2.05) is 0 Å². The second-order valence-electron chi connectivity index (χ2n) is 6.74. The van der Waals surface area contributed by atoms with Gasteiger partial charge in [0, 0.05) is 21.8 Å². The normalized spacial score (nSPS) is 11.7. The Morgan fingerprint density at radius 1 is 0.742 bits per heavy atom. The van der Waals surface area contributed by atoms with E-state index in [4.69, 9.17) is 40.5 Å². The average molecular weight is 483 g/mol. The molecule has 3 aromatic carbocycles. The molecule has 0 aliphatic rings. The van der Waals surface area contributed by atoms with Gasteiger partial charge in [-0.15, -0.1) is 0 Å². The van der Waals surface area contributed by atoms with Crippen molar-refractivity contribution in [1.29, 1.82) is 0 Å². The zero-order chi connectivity index (χ0) is 22.3. The SMILES string of the molecule is Nc1ccc(-n2nc(C(F)(F)F)cc2-c2ccc(-c3cc(Cl)c(Cl)cc3Cl)cc2)cc1. The molecular weight excluding hydrogens is 470 g/mol. The van der Waals surface area contributed by atoms with Crippen LogP contribution in [0.2, 0.25) is 15.1 Å². The Hall–Kier alpha value is -2.67. The summed E-state index contributed by atoms with van der Waals surface area (Å²) in [7, 11) is 0. The lowest BCUT2D eigenvalue weighted by Crippen LogP contribution is -2.07. The van der Waals surface area contributed by atoms with Crippen LogP contribution in [0.15, 0.2) is 66.7 Å². The molecular formula is C22H13Cl3F3N3. The summed E-state index contributed by atoms with van der Waals surface area (Å²) in [4.78, 5) is 0. The van der Waals surface area contributed by atoms with Gasteiger partial charge in [0.15, 0.2) is 5.69 Å². The highest BCUT2D eigenvalue weighted by Crippen LogP contribution is 2.37. The van der Waals surface area contributed by atoms with E-state index in [1.165, 1.54) is 4.68 Å². The Labute approximate surface area is 190 Å². The van der Waals surface area contributed by atoms with Gasteiger partial charge in [-0.1, -0.05) is 59.1 Å². The number of rotatable bonds is 3. The molecule has 9 heteroatoms. The summed E-state index contributed by atoms with van der Waals surface area (Å²) in [5, 5.41) is 4.86. The second-order valence-corrected chi connectivity index (χ2v) is 7.96. The minimum atomic E-state index is -4.58. The molecule has 0 atom stereocenters. The molecule has 0 aliphatic heterocycles. The van der Waals surface area contributed by atoms with E-state index in [1.54, 1.807) is 60.7 Å². The van der Waals surface area contributed by atoms with Crippen molar-refractivity contribution >= 4 is 40.5 Å². The van der Waals surface area contributed by atoms with Crippen LogP contribution in [0.25, 0.3) is 28.1 Å². The van der Waals surface area contributed by atoms with Gasteiger partial charge in [-0.2, -0.15) is 18.3 Å². The minimum absolute atomic E-state index is 0.281. The number of nitrogens with zero attached hydrogens (tertiary/aromatic N) is 2. The number of hydrogen-bond donors (Lipinski definition) is 1. The predicted octanol–water partition coefficient (Wildman–Crippen LogP) is 7.77. The Morgan fingerprint density at radius 3 is 1.94 bits per heavy atom. The molecule has 0 spiro atoms. The van der Waals surface area contributed by atoms with Crippen molar-refractivity contribution < 1.29 is 13.2 Å². The molecule has 4 rings (SSSR count). The van der Waals surface area contributed by atoms with E-state index in [0.717, 1.165) is 11.6 Å². The maximum Gasteiger partial charge on any atom is 0.435 e. The van der Waals surface area contributed by atoms with Gasteiger partial charge in [-0.25, -0.2) is 4.68 Å². The molecule has 0 saturated heterocycles. The van der Waals surface area contributed by atoms with Crippen molar-refractivity contribution in [1.82, 2.24) is 9.78 Å². The zero-order valence-electron chi connectivity index (χ0n) is 15.6. The summed E-state index contributed by atoms with van der Waals surface area (Å²) in [6.07, 6.45) is -4.58. The van der Waals surface area contributed by atoms with E-state index in [0.29, 0.717) is 37.6 Å². The number of nitrogen functional groups attached to an aromatic ring is 1. The highest BCUT2D eigenvalue weighted by Gasteiger charge is 2.35. The van der Waals surface area contributed by atoms with Gasteiger partial charge in [0.2, 0.25) is 0 Å². The first kappa shape index (κ1) is 21.6. The number of benzene rings is 3. The topological polar surface area (TPSA) is 43.8 Å². The number of nitrogens with two attached hydrogens (primary N) is 1. The number of halogens is 6. The van der Waals surface area contributed by atoms with Gasteiger partial charge in [0.25, 0.3) is 0 Å². The predicted molar refractivity (Wildman–Crippen MR) is 119 cm³/mol. The van der Waals surface area contributed by atoms with Crippen LogP contribution in [0, 0.1) is 0 Å².